The first kappa shape index (κ1) is 14.2. The normalized spacial score (nSPS) is 26.1. The number of carboxylic acids is 1. The highest BCUT2D eigenvalue weighted by Crippen LogP contribution is 2.52. The van der Waals surface area contributed by atoms with E-state index >= 15 is 0 Å². The summed E-state index contributed by atoms with van der Waals surface area (Å²) in [6.07, 6.45) is 2.30. The molecule has 2 unspecified atom stereocenters. The zero-order valence-electron chi connectivity index (χ0n) is 11.2. The second kappa shape index (κ2) is 4.39. The molecule has 0 fully saturated rings. The van der Waals surface area contributed by atoms with E-state index < -0.39 is 22.9 Å². The second-order valence-electron chi connectivity index (χ2n) is 5.97. The Morgan fingerprint density at radius 3 is 2.53 bits per heavy atom. The number of fused-ring (bicyclic) bond motifs is 1. The standard InChI is InChI=1S/C15H18O3S/c1-14(2,3)15(13(17)18)7-6-9-8-10(19)4-5-11(9)12(15)16/h4-8,12,16,19H,1-3H3,(H,17,18). The van der Waals surface area contributed by atoms with Gasteiger partial charge in [-0.2, -0.15) is 0 Å². The van der Waals surface area contributed by atoms with Crippen LogP contribution in [0.2, 0.25) is 0 Å². The second-order valence-corrected chi connectivity index (χ2v) is 6.49. The molecule has 0 bridgehead atoms. The van der Waals surface area contributed by atoms with Crippen molar-refractivity contribution >= 4 is 24.7 Å². The van der Waals surface area contributed by atoms with Crippen LogP contribution in [0.5, 0.6) is 0 Å². The van der Waals surface area contributed by atoms with E-state index in [0.717, 1.165) is 10.5 Å². The lowest BCUT2D eigenvalue weighted by atomic mass is 9.59. The van der Waals surface area contributed by atoms with Gasteiger partial charge in [-0.3, -0.25) is 4.79 Å². The number of benzene rings is 1. The first-order chi connectivity index (χ1) is 8.70. The van der Waals surface area contributed by atoms with E-state index in [1.807, 2.05) is 26.8 Å². The van der Waals surface area contributed by atoms with Crippen molar-refractivity contribution < 1.29 is 15.0 Å². The lowest BCUT2D eigenvalue weighted by Gasteiger charge is -2.44. The van der Waals surface area contributed by atoms with E-state index in [9.17, 15) is 15.0 Å². The maximum absolute atomic E-state index is 11.8. The molecule has 1 aliphatic rings. The van der Waals surface area contributed by atoms with E-state index in [2.05, 4.69) is 12.6 Å². The Labute approximate surface area is 118 Å². The zero-order valence-corrected chi connectivity index (χ0v) is 12.1. The summed E-state index contributed by atoms with van der Waals surface area (Å²) in [4.78, 5) is 12.6. The van der Waals surface area contributed by atoms with Crippen LogP contribution >= 0.6 is 12.6 Å². The Kier molecular flexibility index (Phi) is 3.27. The summed E-state index contributed by atoms with van der Waals surface area (Å²) in [6.45, 7) is 5.48. The molecule has 3 nitrogen and oxygen atoms in total. The van der Waals surface area contributed by atoms with E-state index in [0.29, 0.717) is 5.56 Å². The molecule has 0 aromatic heterocycles. The molecule has 1 aromatic carbocycles. The average Bonchev–Trinajstić information content (AvgIpc) is 2.27. The number of hydrogen-bond acceptors (Lipinski definition) is 3. The van der Waals surface area contributed by atoms with Crippen LogP contribution in [0.25, 0.3) is 6.08 Å². The molecule has 1 aliphatic carbocycles. The molecular formula is C15H18O3S. The van der Waals surface area contributed by atoms with Crippen LogP contribution in [-0.4, -0.2) is 16.2 Å². The molecule has 102 valence electrons. The molecule has 0 saturated heterocycles. The topological polar surface area (TPSA) is 57.5 Å². The third kappa shape index (κ3) is 1.99. The third-order valence-corrected chi connectivity index (χ3v) is 4.20. The number of aliphatic hydroxyl groups excluding tert-OH is 1. The quantitative estimate of drug-likeness (QED) is 0.692. The summed E-state index contributed by atoms with van der Waals surface area (Å²) < 4.78 is 0. The van der Waals surface area contributed by atoms with Crippen molar-refractivity contribution in [3.63, 3.8) is 0 Å². The fourth-order valence-electron chi connectivity index (χ4n) is 2.68. The molecule has 0 radical (unpaired) electrons. The summed E-state index contributed by atoms with van der Waals surface area (Å²) in [5.41, 5.74) is -0.469. The number of rotatable bonds is 1. The summed E-state index contributed by atoms with van der Waals surface area (Å²) >= 11 is 4.26. The average molecular weight is 278 g/mol. The minimum atomic E-state index is -1.32. The van der Waals surface area contributed by atoms with Gasteiger partial charge in [0, 0.05) is 4.90 Å². The summed E-state index contributed by atoms with van der Waals surface area (Å²) in [5.74, 6) is -1.01. The molecule has 0 amide bonds. The highest BCUT2D eigenvalue weighted by Gasteiger charge is 2.54. The summed E-state index contributed by atoms with van der Waals surface area (Å²) in [5, 5.41) is 20.3. The van der Waals surface area contributed by atoms with Gasteiger partial charge in [-0.1, -0.05) is 39.0 Å². The number of carbonyl (C=O) groups is 1. The fraction of sp³-hybridized carbons (Fsp3) is 0.400. The zero-order chi connectivity index (χ0) is 14.4. The van der Waals surface area contributed by atoms with Gasteiger partial charge in [-0.05, 0) is 28.7 Å². The molecule has 1 aromatic rings. The summed E-state index contributed by atoms with van der Waals surface area (Å²) in [7, 11) is 0. The molecule has 0 heterocycles. The van der Waals surface area contributed by atoms with Crippen molar-refractivity contribution in [2.75, 3.05) is 0 Å². The molecule has 4 heteroatoms. The molecule has 2 N–H and O–H groups in total. The third-order valence-electron chi connectivity index (χ3n) is 3.92. The Bertz CT molecular complexity index is 557. The molecule has 2 atom stereocenters. The lowest BCUT2D eigenvalue weighted by molar-refractivity contribution is -0.161. The predicted molar refractivity (Wildman–Crippen MR) is 77.2 cm³/mol. The van der Waals surface area contributed by atoms with Gasteiger partial charge in [-0.15, -0.1) is 12.6 Å². The minimum Gasteiger partial charge on any atom is -0.480 e. The first-order valence-corrected chi connectivity index (χ1v) is 6.58. The van der Waals surface area contributed by atoms with Crippen LogP contribution in [0.15, 0.2) is 29.2 Å². The van der Waals surface area contributed by atoms with Gasteiger partial charge in [0.05, 0.1) is 6.10 Å². The number of carboxylic acid groups (broad SMARTS) is 1. The summed E-state index contributed by atoms with van der Waals surface area (Å²) in [6, 6.07) is 5.33. The number of aliphatic carboxylic acids is 1. The monoisotopic (exact) mass is 278 g/mol. The fourth-order valence-corrected chi connectivity index (χ4v) is 2.90. The molecule has 19 heavy (non-hydrogen) atoms. The molecular weight excluding hydrogens is 260 g/mol. The van der Waals surface area contributed by atoms with Crippen LogP contribution in [0, 0.1) is 10.8 Å². The van der Waals surface area contributed by atoms with Gasteiger partial charge in [0.1, 0.15) is 5.41 Å². The van der Waals surface area contributed by atoms with E-state index in [-0.39, 0.29) is 0 Å². The Balaban J connectivity index is 2.66. The van der Waals surface area contributed by atoms with Crippen molar-refractivity contribution in [3.05, 3.63) is 35.4 Å². The highest BCUT2D eigenvalue weighted by atomic mass is 32.1. The van der Waals surface area contributed by atoms with Crippen LogP contribution in [-0.2, 0) is 4.79 Å². The molecule has 0 aliphatic heterocycles. The Morgan fingerprint density at radius 2 is 2.00 bits per heavy atom. The van der Waals surface area contributed by atoms with Gasteiger partial charge < -0.3 is 10.2 Å². The number of hydrogen-bond donors (Lipinski definition) is 3. The van der Waals surface area contributed by atoms with Gasteiger partial charge >= 0.3 is 5.97 Å². The van der Waals surface area contributed by atoms with Crippen molar-refractivity contribution in [1.82, 2.24) is 0 Å². The van der Waals surface area contributed by atoms with Gasteiger partial charge in [0.15, 0.2) is 0 Å². The first-order valence-electron chi connectivity index (χ1n) is 6.14. The number of aliphatic hydroxyl groups is 1. The van der Waals surface area contributed by atoms with Crippen LogP contribution in [0.1, 0.15) is 38.0 Å². The van der Waals surface area contributed by atoms with E-state index in [1.54, 1.807) is 24.3 Å². The van der Waals surface area contributed by atoms with Crippen molar-refractivity contribution in [1.29, 1.82) is 0 Å². The molecule has 0 spiro atoms. The van der Waals surface area contributed by atoms with Gasteiger partial charge in [-0.25, -0.2) is 0 Å². The molecule has 0 saturated carbocycles. The maximum atomic E-state index is 11.8. The van der Waals surface area contributed by atoms with Gasteiger partial charge in [0.2, 0.25) is 0 Å². The number of thiol groups is 1. The van der Waals surface area contributed by atoms with Crippen LogP contribution < -0.4 is 0 Å². The maximum Gasteiger partial charge on any atom is 0.317 e. The van der Waals surface area contributed by atoms with E-state index in [1.165, 1.54) is 0 Å². The van der Waals surface area contributed by atoms with Gasteiger partial charge in [0.25, 0.3) is 0 Å². The van der Waals surface area contributed by atoms with Crippen LogP contribution in [0.4, 0.5) is 0 Å². The minimum absolute atomic E-state index is 0.605. The smallest absolute Gasteiger partial charge is 0.317 e. The largest absolute Gasteiger partial charge is 0.480 e. The van der Waals surface area contributed by atoms with Crippen molar-refractivity contribution in [2.24, 2.45) is 10.8 Å². The highest BCUT2D eigenvalue weighted by molar-refractivity contribution is 7.80. The predicted octanol–water partition coefficient (Wildman–Crippen LogP) is 3.15. The lowest BCUT2D eigenvalue weighted by Crippen LogP contribution is -2.47. The SMILES string of the molecule is CC(C)(C)C1(C(=O)O)C=Cc2cc(S)ccc2C1O. The Morgan fingerprint density at radius 1 is 1.37 bits per heavy atom. The van der Waals surface area contributed by atoms with Crippen LogP contribution in [0.3, 0.4) is 0 Å². The van der Waals surface area contributed by atoms with Crippen molar-refractivity contribution in [3.8, 4) is 0 Å². The molecule has 2 rings (SSSR count). The van der Waals surface area contributed by atoms with Crippen molar-refractivity contribution in [2.45, 2.75) is 31.8 Å². The van der Waals surface area contributed by atoms with E-state index in [4.69, 9.17) is 0 Å². The Hall–Kier alpha value is -1.26.